The Morgan fingerprint density at radius 3 is 1.23 bits per heavy atom. The van der Waals surface area contributed by atoms with Crippen molar-refractivity contribution in [1.29, 1.82) is 0 Å². The van der Waals surface area contributed by atoms with E-state index in [1.165, 1.54) is 83.5 Å². The molecule has 2 nitrogen and oxygen atoms in total. The Labute approximate surface area is 304 Å². The number of carbonyl (C=O) groups excluding carboxylic acids is 1. The summed E-state index contributed by atoms with van der Waals surface area (Å²) in [5.41, 5.74) is -0.332. The van der Waals surface area contributed by atoms with Gasteiger partial charge in [0.2, 0.25) is 0 Å². The Morgan fingerprint density at radius 1 is 0.511 bits per heavy atom. The number of halogens is 1. The molecule has 0 aliphatic carbocycles. The number of rotatable bonds is 29. The lowest BCUT2D eigenvalue weighted by Crippen LogP contribution is -2.26. The van der Waals surface area contributed by atoms with Crippen molar-refractivity contribution in [3.63, 3.8) is 0 Å². The normalized spacial score (nSPS) is 12.0. The molecule has 0 radical (unpaired) electrons. The fourth-order valence-electron chi connectivity index (χ4n) is 4.68. The summed E-state index contributed by atoms with van der Waals surface area (Å²) in [7, 11) is 0. The zero-order valence-corrected chi connectivity index (χ0v) is 32.0. The third-order valence-corrected chi connectivity index (χ3v) is 8.13. The van der Waals surface area contributed by atoms with Gasteiger partial charge < -0.3 is 4.74 Å². The quantitative estimate of drug-likeness (QED) is 0.0333. The van der Waals surface area contributed by atoms with Crippen molar-refractivity contribution >= 4 is 21.9 Å². The average Bonchev–Trinajstić information content (AvgIpc) is 3.03. The summed E-state index contributed by atoms with van der Waals surface area (Å²) in [5, 5.41) is 1.16. The highest BCUT2D eigenvalue weighted by Gasteiger charge is 2.28. The molecule has 0 aliphatic rings. The molecular formula is C44H81BrO2. The van der Waals surface area contributed by atoms with Gasteiger partial charge in [-0.2, -0.15) is 0 Å². The Balaban J connectivity index is -0.000000394. The van der Waals surface area contributed by atoms with Gasteiger partial charge in [0.25, 0.3) is 0 Å². The van der Waals surface area contributed by atoms with Gasteiger partial charge in [-0.3, -0.25) is 4.79 Å². The first-order valence-corrected chi connectivity index (χ1v) is 19.7. The summed E-state index contributed by atoms with van der Waals surface area (Å²) in [6.45, 7) is 10.7. The first-order valence-electron chi connectivity index (χ1n) is 18.6. The lowest BCUT2D eigenvalue weighted by atomic mass is 9.87. The van der Waals surface area contributed by atoms with Crippen LogP contribution in [0.3, 0.4) is 0 Å². The standard InChI is InChI=1S/C24H42O2.C18H31Br.2CH4/c1-5-7-8-9-10-11-12-13-14-15-16-17-18-19-20-21-22-24(3,4)23(25)26-6-2;1-2-3-4-5-6-7-8-9-10-11-12-13-14-15-16-17-18-19;;/h7-8,10-11,13-14H,5-6,9,12,15-22H2,1-4H3;3-4,6-7,9-10H,2,5,8,11-18H2,1H3;2*1H4/b8-7-,11-10-,14-13-;4-3-,7-6-,10-9-;;. The molecule has 0 rings (SSSR count). The van der Waals surface area contributed by atoms with E-state index in [1.54, 1.807) is 0 Å². The highest BCUT2D eigenvalue weighted by Crippen LogP contribution is 2.26. The highest BCUT2D eigenvalue weighted by molar-refractivity contribution is 9.09. The molecule has 0 atom stereocenters. The number of carbonyl (C=O) groups is 1. The van der Waals surface area contributed by atoms with Crippen molar-refractivity contribution in [2.24, 2.45) is 5.41 Å². The molecule has 0 saturated carbocycles. The molecule has 276 valence electrons. The molecule has 0 bridgehead atoms. The SMILES string of the molecule is C.C.CC/C=C\C/C=C\C/C=C\CCCCCCCCBr.CC/C=C\C/C=C\C/C=C\CCCCCCCCC(C)(C)C(=O)OCC. The zero-order chi connectivity index (χ0) is 33.5. The summed E-state index contributed by atoms with van der Waals surface area (Å²) in [6, 6.07) is 0. The molecule has 0 aromatic heterocycles. The van der Waals surface area contributed by atoms with Crippen LogP contribution in [-0.4, -0.2) is 17.9 Å². The maximum absolute atomic E-state index is 11.8. The predicted octanol–water partition coefficient (Wildman–Crippen LogP) is 15.8. The number of alkyl halides is 1. The van der Waals surface area contributed by atoms with Gasteiger partial charge in [-0.15, -0.1) is 0 Å². The van der Waals surface area contributed by atoms with E-state index < -0.39 is 0 Å². The van der Waals surface area contributed by atoms with Crippen molar-refractivity contribution in [3.8, 4) is 0 Å². The van der Waals surface area contributed by atoms with E-state index in [0.29, 0.717) is 6.61 Å². The molecule has 0 saturated heterocycles. The minimum Gasteiger partial charge on any atom is -0.466 e. The number of unbranched alkanes of at least 4 members (excludes halogenated alkanes) is 12. The summed E-state index contributed by atoms with van der Waals surface area (Å²) >= 11 is 3.47. The average molecular weight is 722 g/mol. The molecule has 0 aromatic rings. The molecule has 0 amide bonds. The smallest absolute Gasteiger partial charge is 0.311 e. The van der Waals surface area contributed by atoms with Gasteiger partial charge in [-0.25, -0.2) is 0 Å². The molecule has 0 N–H and O–H groups in total. The Bertz CT molecular complexity index is 785. The fraction of sp³-hybridized carbons (Fsp3) is 0.705. The van der Waals surface area contributed by atoms with Crippen LogP contribution in [-0.2, 0) is 9.53 Å². The first-order chi connectivity index (χ1) is 22.0. The molecule has 47 heavy (non-hydrogen) atoms. The minimum atomic E-state index is -0.332. The molecule has 0 heterocycles. The van der Waals surface area contributed by atoms with Crippen molar-refractivity contribution in [1.82, 2.24) is 0 Å². The van der Waals surface area contributed by atoms with Gasteiger partial charge in [-0.1, -0.05) is 175 Å². The van der Waals surface area contributed by atoms with Gasteiger partial charge >= 0.3 is 5.97 Å². The van der Waals surface area contributed by atoms with Crippen LogP contribution in [0.5, 0.6) is 0 Å². The van der Waals surface area contributed by atoms with Crippen molar-refractivity contribution in [3.05, 3.63) is 72.9 Å². The molecule has 0 aromatic carbocycles. The van der Waals surface area contributed by atoms with Crippen molar-refractivity contribution < 1.29 is 9.53 Å². The number of hydrogen-bond donors (Lipinski definition) is 0. The molecule has 0 fully saturated rings. The lowest BCUT2D eigenvalue weighted by Gasteiger charge is -2.21. The monoisotopic (exact) mass is 721 g/mol. The second kappa shape index (κ2) is 44.4. The van der Waals surface area contributed by atoms with Crippen LogP contribution < -0.4 is 0 Å². The van der Waals surface area contributed by atoms with E-state index in [0.717, 1.165) is 56.7 Å². The summed E-state index contributed by atoms with van der Waals surface area (Å²) in [4.78, 5) is 11.8. The molecule has 3 heteroatoms. The number of hydrogen-bond acceptors (Lipinski definition) is 2. The number of allylic oxidation sites excluding steroid dienone is 12. The third-order valence-electron chi connectivity index (χ3n) is 7.57. The maximum atomic E-state index is 11.8. The van der Waals surface area contributed by atoms with Crippen LogP contribution in [0.15, 0.2) is 72.9 Å². The lowest BCUT2D eigenvalue weighted by molar-refractivity contribution is -0.153. The molecular weight excluding hydrogens is 640 g/mol. The fourth-order valence-corrected chi connectivity index (χ4v) is 5.08. The topological polar surface area (TPSA) is 26.3 Å². The number of esters is 1. The van der Waals surface area contributed by atoms with Crippen LogP contribution in [0, 0.1) is 5.41 Å². The van der Waals surface area contributed by atoms with Crippen molar-refractivity contribution in [2.75, 3.05) is 11.9 Å². The predicted molar refractivity (Wildman–Crippen MR) is 221 cm³/mol. The van der Waals surface area contributed by atoms with Gasteiger partial charge in [0, 0.05) is 5.33 Å². The van der Waals surface area contributed by atoms with Gasteiger partial charge in [0.05, 0.1) is 12.0 Å². The Kier molecular flexibility index (Phi) is 49.3. The van der Waals surface area contributed by atoms with E-state index in [2.05, 4.69) is 103 Å². The summed E-state index contributed by atoms with van der Waals surface area (Å²) < 4.78 is 5.13. The van der Waals surface area contributed by atoms with Gasteiger partial charge in [-0.05, 0) is 97.8 Å². The molecule has 0 aliphatic heterocycles. The van der Waals surface area contributed by atoms with Crippen LogP contribution in [0.1, 0.15) is 184 Å². The first kappa shape index (κ1) is 52.2. The van der Waals surface area contributed by atoms with Crippen molar-refractivity contribution in [2.45, 2.75) is 184 Å². The van der Waals surface area contributed by atoms with Crippen LogP contribution in [0.2, 0.25) is 0 Å². The Hall–Kier alpha value is -1.61. The number of ether oxygens (including phenoxy) is 1. The Morgan fingerprint density at radius 2 is 0.851 bits per heavy atom. The second-order valence-corrected chi connectivity index (χ2v) is 13.2. The van der Waals surface area contributed by atoms with Crippen LogP contribution >= 0.6 is 15.9 Å². The molecule has 0 spiro atoms. The minimum absolute atomic E-state index is 0. The van der Waals surface area contributed by atoms with E-state index in [1.807, 2.05) is 20.8 Å². The van der Waals surface area contributed by atoms with Crippen LogP contribution in [0.4, 0.5) is 0 Å². The van der Waals surface area contributed by atoms with Gasteiger partial charge in [0.15, 0.2) is 0 Å². The summed E-state index contributed by atoms with van der Waals surface area (Å²) in [6.07, 6.45) is 52.8. The maximum Gasteiger partial charge on any atom is 0.311 e. The second-order valence-electron chi connectivity index (χ2n) is 12.5. The van der Waals surface area contributed by atoms with Gasteiger partial charge in [0.1, 0.15) is 0 Å². The summed E-state index contributed by atoms with van der Waals surface area (Å²) in [5.74, 6) is -0.0564. The van der Waals surface area contributed by atoms with E-state index in [9.17, 15) is 4.79 Å². The molecule has 0 unspecified atom stereocenters. The third kappa shape index (κ3) is 44.4. The van der Waals surface area contributed by atoms with E-state index in [4.69, 9.17) is 4.74 Å². The van der Waals surface area contributed by atoms with E-state index in [-0.39, 0.29) is 26.2 Å². The largest absolute Gasteiger partial charge is 0.466 e. The zero-order valence-electron chi connectivity index (χ0n) is 30.4. The highest BCUT2D eigenvalue weighted by atomic mass is 79.9. The van der Waals surface area contributed by atoms with Crippen LogP contribution in [0.25, 0.3) is 0 Å². The van der Waals surface area contributed by atoms with E-state index >= 15 is 0 Å².